The quantitative estimate of drug-likeness (QED) is 0.257. The minimum atomic E-state index is -0.248. The van der Waals surface area contributed by atoms with Crippen LogP contribution in [-0.2, 0) is 27.2 Å². The summed E-state index contributed by atoms with van der Waals surface area (Å²) in [5.41, 5.74) is 4.49. The topological polar surface area (TPSA) is 84.6 Å². The number of aromatic nitrogens is 2. The molecule has 0 aliphatic carbocycles. The van der Waals surface area contributed by atoms with Crippen LogP contribution in [0.2, 0.25) is 0 Å². The third-order valence-electron chi connectivity index (χ3n) is 9.04. The number of anilines is 2. The average molecular weight is 611 g/mol. The maximum Gasteiger partial charge on any atom is 0.319 e. The normalized spacial score (nSPS) is 19.6. The van der Waals surface area contributed by atoms with E-state index in [4.69, 9.17) is 30.8 Å². The van der Waals surface area contributed by atoms with Crippen LogP contribution in [0.5, 0.6) is 6.01 Å². The number of nitrogens with zero attached hydrogens (tertiary/aromatic N) is 6. The summed E-state index contributed by atoms with van der Waals surface area (Å²) in [4.78, 5) is 32.6. The molecule has 10 heteroatoms. The molecular formula is C35H42N6O4. The van der Waals surface area contributed by atoms with E-state index >= 15 is 0 Å². The van der Waals surface area contributed by atoms with E-state index in [2.05, 4.69) is 64.5 Å². The minimum Gasteiger partial charge on any atom is -0.458 e. The van der Waals surface area contributed by atoms with E-state index in [-0.39, 0.29) is 30.7 Å². The summed E-state index contributed by atoms with van der Waals surface area (Å²) in [6.45, 7) is 20.5. The number of aryl methyl sites for hydroxylation is 1. The molecule has 2 atom stereocenters. The van der Waals surface area contributed by atoms with Crippen LogP contribution in [0.1, 0.15) is 36.6 Å². The average Bonchev–Trinajstić information content (AvgIpc) is 3.07. The first-order valence-electron chi connectivity index (χ1n) is 16.0. The zero-order valence-corrected chi connectivity index (χ0v) is 26.3. The van der Waals surface area contributed by atoms with Crippen LogP contribution in [0.15, 0.2) is 49.1 Å². The summed E-state index contributed by atoms with van der Waals surface area (Å²) in [5.74, 6) is 0.693. The van der Waals surface area contributed by atoms with Crippen molar-refractivity contribution in [3.63, 3.8) is 0 Å². The molecule has 0 unspecified atom stereocenters. The lowest BCUT2D eigenvalue weighted by molar-refractivity contribution is -0.128. The molecule has 0 radical (unpaired) electrons. The van der Waals surface area contributed by atoms with E-state index in [1.807, 2.05) is 6.92 Å². The standard InChI is InChI=1S/C35H42N6O4/c1-5-32(42)41-17-16-40(21-27(41)20-36-4)34-29-12-15-39(31-11-7-10-26-9-6-8-24(2)33(26)31)22-30(29)37-35(38-34)45-25(3)23-44-28-13-18-43-19-14-28/h5-11,25,27-28H,1,12-23H2,2-3H3/t25-,27-/m0/s1. The van der Waals surface area contributed by atoms with Crippen molar-refractivity contribution in [1.29, 1.82) is 0 Å². The van der Waals surface area contributed by atoms with Gasteiger partial charge in [-0.25, -0.2) is 6.57 Å². The van der Waals surface area contributed by atoms with Gasteiger partial charge in [0.2, 0.25) is 12.5 Å². The highest BCUT2D eigenvalue weighted by molar-refractivity contribution is 5.97. The van der Waals surface area contributed by atoms with Crippen molar-refractivity contribution < 1.29 is 19.0 Å². The molecule has 1 aromatic heterocycles. The fraction of sp³-hybridized carbons (Fsp3) is 0.486. The van der Waals surface area contributed by atoms with E-state index in [9.17, 15) is 4.79 Å². The predicted molar refractivity (Wildman–Crippen MR) is 175 cm³/mol. The number of rotatable bonds is 9. The van der Waals surface area contributed by atoms with Crippen molar-refractivity contribution in [1.82, 2.24) is 14.9 Å². The number of carbonyl (C=O) groups is 1. The first kappa shape index (κ1) is 30.8. The summed E-state index contributed by atoms with van der Waals surface area (Å²) in [5, 5.41) is 2.49. The maximum absolute atomic E-state index is 12.6. The Labute approximate surface area is 265 Å². The first-order chi connectivity index (χ1) is 21.9. The summed E-state index contributed by atoms with van der Waals surface area (Å²) in [6, 6.07) is 13.0. The summed E-state index contributed by atoms with van der Waals surface area (Å²) in [7, 11) is 0. The lowest BCUT2D eigenvalue weighted by Gasteiger charge is -2.41. The van der Waals surface area contributed by atoms with Crippen molar-refractivity contribution >= 4 is 28.2 Å². The van der Waals surface area contributed by atoms with Gasteiger partial charge in [0.15, 0.2) is 0 Å². The molecule has 4 heterocycles. The molecule has 0 N–H and O–H groups in total. The van der Waals surface area contributed by atoms with E-state index in [1.54, 1.807) is 4.90 Å². The van der Waals surface area contributed by atoms with Crippen molar-refractivity contribution in [2.75, 3.05) is 62.3 Å². The van der Waals surface area contributed by atoms with Crippen LogP contribution in [0.3, 0.4) is 0 Å². The maximum atomic E-state index is 12.6. The van der Waals surface area contributed by atoms with Gasteiger partial charge in [0.05, 0.1) is 24.9 Å². The molecule has 3 aliphatic rings. The molecule has 0 saturated carbocycles. The van der Waals surface area contributed by atoms with Gasteiger partial charge in [0.25, 0.3) is 0 Å². The number of piperazine rings is 1. The van der Waals surface area contributed by atoms with Gasteiger partial charge in [-0.05, 0) is 56.2 Å². The number of amides is 1. The lowest BCUT2D eigenvalue weighted by Crippen LogP contribution is -2.56. The van der Waals surface area contributed by atoms with Crippen molar-refractivity contribution in [2.24, 2.45) is 0 Å². The van der Waals surface area contributed by atoms with Crippen LogP contribution < -0.4 is 14.5 Å². The highest BCUT2D eigenvalue weighted by Gasteiger charge is 2.35. The molecule has 1 amide bonds. The minimum absolute atomic E-state index is 0.142. The first-order valence-corrected chi connectivity index (χ1v) is 16.0. The molecule has 3 aromatic rings. The molecule has 2 fully saturated rings. The SMILES string of the molecule is [C-]#[N+]C[C@H]1CN(c2nc(O[C@@H](C)COC3CCOCC3)nc3c2CCN(c2cccc4cccc(C)c24)C3)CCN1C(=O)C=C. The molecule has 6 rings (SSSR count). The zero-order chi connectivity index (χ0) is 31.3. The van der Waals surface area contributed by atoms with Gasteiger partial charge in [0.1, 0.15) is 18.0 Å². The Morgan fingerprint density at radius 3 is 2.73 bits per heavy atom. The lowest BCUT2D eigenvalue weighted by atomic mass is 9.99. The largest absolute Gasteiger partial charge is 0.458 e. The summed E-state index contributed by atoms with van der Waals surface area (Å²) < 4.78 is 17.9. The second-order valence-corrected chi connectivity index (χ2v) is 12.1. The highest BCUT2D eigenvalue weighted by atomic mass is 16.5. The molecule has 236 valence electrons. The summed E-state index contributed by atoms with van der Waals surface area (Å²) >= 11 is 0. The molecule has 2 aromatic carbocycles. The van der Waals surface area contributed by atoms with E-state index in [1.165, 1.54) is 28.1 Å². The Balaban J connectivity index is 1.30. The second kappa shape index (κ2) is 13.8. The van der Waals surface area contributed by atoms with Gasteiger partial charge in [-0.2, -0.15) is 9.97 Å². The van der Waals surface area contributed by atoms with E-state index in [0.717, 1.165) is 56.1 Å². The third-order valence-corrected chi connectivity index (χ3v) is 9.04. The van der Waals surface area contributed by atoms with Crippen LogP contribution >= 0.6 is 0 Å². The molecule has 0 spiro atoms. The van der Waals surface area contributed by atoms with Crippen LogP contribution in [0, 0.1) is 13.5 Å². The van der Waals surface area contributed by atoms with Gasteiger partial charge < -0.3 is 33.8 Å². The fourth-order valence-electron chi connectivity index (χ4n) is 6.72. The van der Waals surface area contributed by atoms with Gasteiger partial charge >= 0.3 is 6.01 Å². The predicted octanol–water partition coefficient (Wildman–Crippen LogP) is 4.59. The van der Waals surface area contributed by atoms with Crippen LogP contribution in [-0.4, -0.2) is 91.6 Å². The molecule has 0 bridgehead atoms. The Kier molecular flexibility index (Phi) is 9.47. The molecular weight excluding hydrogens is 568 g/mol. The van der Waals surface area contributed by atoms with Gasteiger partial charge in [-0.3, -0.25) is 4.79 Å². The smallest absolute Gasteiger partial charge is 0.319 e. The fourth-order valence-corrected chi connectivity index (χ4v) is 6.72. The summed E-state index contributed by atoms with van der Waals surface area (Å²) in [6.07, 6.45) is 3.82. The second-order valence-electron chi connectivity index (χ2n) is 12.1. The molecule has 2 saturated heterocycles. The Bertz CT molecular complexity index is 1580. The van der Waals surface area contributed by atoms with Gasteiger partial charge in [-0.1, -0.05) is 36.9 Å². The van der Waals surface area contributed by atoms with E-state index < -0.39 is 0 Å². The van der Waals surface area contributed by atoms with Crippen molar-refractivity contribution in [2.45, 2.75) is 57.9 Å². The Morgan fingerprint density at radius 1 is 1.16 bits per heavy atom. The monoisotopic (exact) mass is 610 g/mol. The van der Waals surface area contributed by atoms with Crippen molar-refractivity contribution in [3.8, 4) is 6.01 Å². The molecule has 10 nitrogen and oxygen atoms in total. The third kappa shape index (κ3) is 6.75. The van der Waals surface area contributed by atoms with Gasteiger partial charge in [0, 0.05) is 56.0 Å². The number of benzene rings is 2. The number of ether oxygens (including phenoxy) is 3. The number of hydrogen-bond donors (Lipinski definition) is 0. The van der Waals surface area contributed by atoms with Crippen molar-refractivity contribution in [3.05, 3.63) is 77.3 Å². The van der Waals surface area contributed by atoms with Crippen LogP contribution in [0.4, 0.5) is 11.5 Å². The Hall–Kier alpha value is -4.20. The highest BCUT2D eigenvalue weighted by Crippen LogP contribution is 2.36. The number of carbonyl (C=O) groups excluding carboxylic acids is 1. The van der Waals surface area contributed by atoms with Crippen LogP contribution in [0.25, 0.3) is 15.6 Å². The molecule has 45 heavy (non-hydrogen) atoms. The Morgan fingerprint density at radius 2 is 1.96 bits per heavy atom. The zero-order valence-electron chi connectivity index (χ0n) is 26.3. The number of hydrogen-bond acceptors (Lipinski definition) is 8. The number of fused-ring (bicyclic) bond motifs is 2. The molecule has 3 aliphatic heterocycles. The van der Waals surface area contributed by atoms with Gasteiger partial charge in [-0.15, -0.1) is 0 Å². The van der Waals surface area contributed by atoms with E-state index in [0.29, 0.717) is 38.8 Å².